The van der Waals surface area contributed by atoms with Gasteiger partial charge in [0.15, 0.2) is 5.96 Å². The minimum Gasteiger partial charge on any atom is -0.450 e. The van der Waals surface area contributed by atoms with Gasteiger partial charge in [0.1, 0.15) is 0 Å². The molecule has 7 nitrogen and oxygen atoms in total. The number of guanidine groups is 1. The molecule has 0 unspecified atom stereocenters. The quantitative estimate of drug-likeness (QED) is 0.495. The van der Waals surface area contributed by atoms with Crippen LogP contribution < -0.4 is 10.6 Å². The van der Waals surface area contributed by atoms with E-state index in [1.807, 2.05) is 13.8 Å². The Morgan fingerprint density at radius 3 is 2.65 bits per heavy atom. The summed E-state index contributed by atoms with van der Waals surface area (Å²) in [6.07, 6.45) is 1.50. The third-order valence-corrected chi connectivity index (χ3v) is 3.08. The third-order valence-electron chi connectivity index (χ3n) is 3.08. The second-order valence-electron chi connectivity index (χ2n) is 4.59. The average Bonchev–Trinajstić information content (AvgIpc) is 2.46. The fourth-order valence-electron chi connectivity index (χ4n) is 2.10. The number of aliphatic hydroxyl groups is 1. The van der Waals surface area contributed by atoms with Gasteiger partial charge in [-0.15, -0.1) is 0 Å². The minimum absolute atomic E-state index is 0.0396. The molecule has 20 heavy (non-hydrogen) atoms. The minimum atomic E-state index is -0.230. The number of nitrogens with zero attached hydrogens (tertiary/aromatic N) is 2. The fraction of sp³-hybridized carbons (Fsp3) is 0.846. The lowest BCUT2D eigenvalue weighted by molar-refractivity contribution is 0.0963. The van der Waals surface area contributed by atoms with Crippen molar-refractivity contribution in [2.45, 2.75) is 32.7 Å². The molecule has 1 amide bonds. The first kappa shape index (κ1) is 16.6. The lowest BCUT2D eigenvalue weighted by Crippen LogP contribution is -2.50. The first-order valence-electron chi connectivity index (χ1n) is 7.28. The molecule has 0 atom stereocenters. The Balaban J connectivity index is 2.38. The number of nitrogens with one attached hydrogen (secondary N) is 2. The number of rotatable bonds is 5. The van der Waals surface area contributed by atoms with E-state index in [1.165, 1.54) is 0 Å². The Kier molecular flexibility index (Phi) is 7.79. The number of ether oxygens (including phenoxy) is 1. The van der Waals surface area contributed by atoms with Crippen LogP contribution in [0.25, 0.3) is 0 Å². The number of hydrogen-bond acceptors (Lipinski definition) is 4. The standard InChI is InChI=1S/C13H26N4O3/c1-3-14-12(15-7-10-18)16-11-5-8-17(9-6-11)13(19)20-4-2/h11,18H,3-10H2,1-2H3,(H2,14,15,16). The first-order valence-corrected chi connectivity index (χ1v) is 7.28. The van der Waals surface area contributed by atoms with Crippen molar-refractivity contribution in [3.8, 4) is 0 Å². The summed E-state index contributed by atoms with van der Waals surface area (Å²) in [4.78, 5) is 17.6. The van der Waals surface area contributed by atoms with Crippen molar-refractivity contribution >= 4 is 12.1 Å². The highest BCUT2D eigenvalue weighted by molar-refractivity contribution is 5.80. The van der Waals surface area contributed by atoms with Crippen LogP contribution in [0.5, 0.6) is 0 Å². The van der Waals surface area contributed by atoms with E-state index >= 15 is 0 Å². The maximum Gasteiger partial charge on any atom is 0.409 e. The molecule has 1 aliphatic rings. The van der Waals surface area contributed by atoms with Crippen molar-refractivity contribution in [1.29, 1.82) is 0 Å². The van der Waals surface area contributed by atoms with Crippen LogP contribution in [0.4, 0.5) is 4.79 Å². The molecule has 0 aromatic heterocycles. The molecule has 3 N–H and O–H groups in total. The maximum absolute atomic E-state index is 11.6. The normalized spacial score (nSPS) is 16.9. The van der Waals surface area contributed by atoms with Crippen LogP contribution in [0, 0.1) is 0 Å². The number of hydrogen-bond donors (Lipinski definition) is 3. The van der Waals surface area contributed by atoms with Gasteiger partial charge in [-0.3, -0.25) is 4.99 Å². The maximum atomic E-state index is 11.6. The SMILES string of the molecule is CCNC(=NCCO)NC1CCN(C(=O)OCC)CC1. The Morgan fingerprint density at radius 1 is 1.40 bits per heavy atom. The zero-order valence-electron chi connectivity index (χ0n) is 12.4. The van der Waals surface area contributed by atoms with E-state index in [2.05, 4.69) is 15.6 Å². The molecule has 0 radical (unpaired) electrons. The van der Waals surface area contributed by atoms with Crippen molar-refractivity contribution in [3.05, 3.63) is 0 Å². The smallest absolute Gasteiger partial charge is 0.409 e. The molecule has 0 saturated carbocycles. The predicted molar refractivity (Wildman–Crippen MR) is 77.8 cm³/mol. The van der Waals surface area contributed by atoms with Gasteiger partial charge < -0.3 is 25.4 Å². The van der Waals surface area contributed by atoms with Gasteiger partial charge in [0.2, 0.25) is 0 Å². The van der Waals surface area contributed by atoms with Crippen LogP contribution in [0.15, 0.2) is 4.99 Å². The molecule has 1 aliphatic heterocycles. The Morgan fingerprint density at radius 2 is 2.10 bits per heavy atom. The molecular formula is C13H26N4O3. The van der Waals surface area contributed by atoms with Crippen molar-refractivity contribution in [2.24, 2.45) is 4.99 Å². The van der Waals surface area contributed by atoms with Gasteiger partial charge in [-0.05, 0) is 26.7 Å². The molecule has 0 spiro atoms. The second kappa shape index (κ2) is 9.41. The lowest BCUT2D eigenvalue weighted by atomic mass is 10.1. The van der Waals surface area contributed by atoms with Gasteiger partial charge in [-0.2, -0.15) is 0 Å². The van der Waals surface area contributed by atoms with Crippen LogP contribution in [-0.4, -0.2) is 67.5 Å². The molecule has 116 valence electrons. The molecule has 0 aromatic carbocycles. The van der Waals surface area contributed by atoms with Gasteiger partial charge in [0, 0.05) is 25.7 Å². The zero-order chi connectivity index (χ0) is 14.8. The Hall–Kier alpha value is -1.50. The van der Waals surface area contributed by atoms with Crippen molar-refractivity contribution in [2.75, 3.05) is 39.4 Å². The summed E-state index contributed by atoms with van der Waals surface area (Å²) in [6, 6.07) is 0.289. The summed E-state index contributed by atoms with van der Waals surface area (Å²) >= 11 is 0. The highest BCUT2D eigenvalue weighted by Gasteiger charge is 2.23. The third kappa shape index (κ3) is 5.64. The van der Waals surface area contributed by atoms with Gasteiger partial charge in [0.05, 0.1) is 19.8 Å². The summed E-state index contributed by atoms with van der Waals surface area (Å²) in [7, 11) is 0. The van der Waals surface area contributed by atoms with E-state index in [4.69, 9.17) is 9.84 Å². The molecule has 0 aromatic rings. The average molecular weight is 286 g/mol. The number of carbonyl (C=O) groups is 1. The van der Waals surface area contributed by atoms with Crippen LogP contribution in [0.1, 0.15) is 26.7 Å². The van der Waals surface area contributed by atoms with Crippen molar-refractivity contribution < 1.29 is 14.6 Å². The summed E-state index contributed by atoms with van der Waals surface area (Å²) in [5.41, 5.74) is 0. The van der Waals surface area contributed by atoms with Gasteiger partial charge >= 0.3 is 6.09 Å². The topological polar surface area (TPSA) is 86.2 Å². The number of aliphatic imine (C=N–C) groups is 1. The zero-order valence-corrected chi connectivity index (χ0v) is 12.4. The molecule has 1 saturated heterocycles. The van der Waals surface area contributed by atoms with Crippen LogP contribution in [0.2, 0.25) is 0 Å². The van der Waals surface area contributed by atoms with E-state index in [-0.39, 0.29) is 18.7 Å². The number of aliphatic hydroxyl groups excluding tert-OH is 1. The van der Waals surface area contributed by atoms with Crippen LogP contribution >= 0.6 is 0 Å². The number of likely N-dealkylation sites (tertiary alicyclic amines) is 1. The van der Waals surface area contributed by atoms with Crippen LogP contribution in [-0.2, 0) is 4.74 Å². The molecule has 0 bridgehead atoms. The molecule has 0 aliphatic carbocycles. The molecule has 1 rings (SSSR count). The lowest BCUT2D eigenvalue weighted by Gasteiger charge is -2.32. The van der Waals surface area contributed by atoms with E-state index < -0.39 is 0 Å². The first-order chi connectivity index (χ1) is 9.71. The second-order valence-corrected chi connectivity index (χ2v) is 4.59. The van der Waals surface area contributed by atoms with E-state index in [9.17, 15) is 4.79 Å². The highest BCUT2D eigenvalue weighted by Crippen LogP contribution is 2.11. The van der Waals surface area contributed by atoms with Crippen LogP contribution in [0.3, 0.4) is 0 Å². The van der Waals surface area contributed by atoms with Crippen molar-refractivity contribution in [3.63, 3.8) is 0 Å². The van der Waals surface area contributed by atoms with Gasteiger partial charge in [-0.25, -0.2) is 4.79 Å². The highest BCUT2D eigenvalue weighted by atomic mass is 16.6. The molecular weight excluding hydrogens is 260 g/mol. The molecule has 7 heteroatoms. The summed E-state index contributed by atoms with van der Waals surface area (Å²) in [6.45, 7) is 6.81. The summed E-state index contributed by atoms with van der Waals surface area (Å²) < 4.78 is 4.99. The molecule has 1 heterocycles. The van der Waals surface area contributed by atoms with Gasteiger partial charge in [0.25, 0.3) is 0 Å². The van der Waals surface area contributed by atoms with E-state index in [1.54, 1.807) is 4.90 Å². The predicted octanol–water partition coefficient (Wildman–Crippen LogP) is 0.155. The largest absolute Gasteiger partial charge is 0.450 e. The molecule has 1 fully saturated rings. The Labute approximate surface area is 120 Å². The number of piperidine rings is 1. The Bertz CT molecular complexity index is 315. The number of carbonyl (C=O) groups excluding carboxylic acids is 1. The monoisotopic (exact) mass is 286 g/mol. The van der Waals surface area contributed by atoms with Gasteiger partial charge in [-0.1, -0.05) is 0 Å². The number of amides is 1. The van der Waals surface area contributed by atoms with E-state index in [0.717, 1.165) is 25.3 Å². The summed E-state index contributed by atoms with van der Waals surface area (Å²) in [5, 5.41) is 15.3. The van der Waals surface area contributed by atoms with E-state index in [0.29, 0.717) is 26.2 Å². The fourth-order valence-corrected chi connectivity index (χ4v) is 2.10. The summed E-state index contributed by atoms with van der Waals surface area (Å²) in [5.74, 6) is 0.719. The van der Waals surface area contributed by atoms with Crippen molar-refractivity contribution in [1.82, 2.24) is 15.5 Å².